The molecule has 0 aliphatic heterocycles. The van der Waals surface area contributed by atoms with Crippen LogP contribution in [0.3, 0.4) is 0 Å². The standard InChI is InChI=1S/C12H13N3O3/c1-8(12(16)17)13-7-10-14-15-11(18-10)9-5-3-2-4-6-9/h2-6,8,13H,7H2,1H3,(H,16,17)/t8-/m1/s1. The molecule has 6 heteroatoms. The normalized spacial score (nSPS) is 12.3. The maximum atomic E-state index is 10.6. The molecule has 0 radical (unpaired) electrons. The number of aromatic nitrogens is 2. The number of aliphatic carboxylic acids is 1. The highest BCUT2D eigenvalue weighted by atomic mass is 16.4. The number of carboxylic acid groups (broad SMARTS) is 1. The Balaban J connectivity index is 2.01. The largest absolute Gasteiger partial charge is 0.480 e. The number of nitrogens with zero attached hydrogens (tertiary/aromatic N) is 2. The minimum Gasteiger partial charge on any atom is -0.480 e. The first-order chi connectivity index (χ1) is 8.66. The summed E-state index contributed by atoms with van der Waals surface area (Å²) in [5.41, 5.74) is 0.836. The molecule has 0 aliphatic rings. The molecule has 0 amide bonds. The number of nitrogens with one attached hydrogen (secondary N) is 1. The van der Waals surface area contributed by atoms with Crippen LogP contribution < -0.4 is 5.32 Å². The van der Waals surface area contributed by atoms with E-state index in [1.165, 1.54) is 0 Å². The molecule has 1 atom stereocenters. The van der Waals surface area contributed by atoms with Gasteiger partial charge in [-0.2, -0.15) is 0 Å². The van der Waals surface area contributed by atoms with E-state index in [-0.39, 0.29) is 6.54 Å². The fourth-order valence-electron chi connectivity index (χ4n) is 1.35. The monoisotopic (exact) mass is 247 g/mol. The van der Waals surface area contributed by atoms with Crippen LogP contribution >= 0.6 is 0 Å². The lowest BCUT2D eigenvalue weighted by Crippen LogP contribution is -2.33. The predicted octanol–water partition coefficient (Wildman–Crippen LogP) is 1.30. The van der Waals surface area contributed by atoms with E-state index in [9.17, 15) is 4.79 Å². The molecule has 1 heterocycles. The van der Waals surface area contributed by atoms with Crippen molar-refractivity contribution in [3.05, 3.63) is 36.2 Å². The van der Waals surface area contributed by atoms with Crippen molar-refractivity contribution in [1.82, 2.24) is 15.5 Å². The zero-order chi connectivity index (χ0) is 13.0. The highest BCUT2D eigenvalue weighted by Gasteiger charge is 2.12. The first-order valence-corrected chi connectivity index (χ1v) is 5.51. The highest BCUT2D eigenvalue weighted by molar-refractivity contribution is 5.72. The Morgan fingerprint density at radius 2 is 2.11 bits per heavy atom. The summed E-state index contributed by atoms with van der Waals surface area (Å²) in [4.78, 5) is 10.6. The highest BCUT2D eigenvalue weighted by Crippen LogP contribution is 2.16. The molecule has 2 rings (SSSR count). The van der Waals surface area contributed by atoms with Gasteiger partial charge in [0.05, 0.1) is 6.54 Å². The Labute approximate surface area is 104 Å². The van der Waals surface area contributed by atoms with Gasteiger partial charge in [-0.3, -0.25) is 10.1 Å². The summed E-state index contributed by atoms with van der Waals surface area (Å²) in [5, 5.41) is 19.2. The molecular weight excluding hydrogens is 234 g/mol. The third-order valence-corrected chi connectivity index (χ3v) is 2.42. The Morgan fingerprint density at radius 1 is 1.39 bits per heavy atom. The third kappa shape index (κ3) is 2.92. The van der Waals surface area contributed by atoms with Crippen molar-refractivity contribution in [2.75, 3.05) is 0 Å². The van der Waals surface area contributed by atoms with Crippen molar-refractivity contribution in [3.63, 3.8) is 0 Å². The summed E-state index contributed by atoms with van der Waals surface area (Å²) in [7, 11) is 0. The van der Waals surface area contributed by atoms with E-state index in [1.807, 2.05) is 30.3 Å². The van der Waals surface area contributed by atoms with Gasteiger partial charge in [-0.15, -0.1) is 10.2 Å². The van der Waals surface area contributed by atoms with Gasteiger partial charge < -0.3 is 9.52 Å². The van der Waals surface area contributed by atoms with E-state index in [0.717, 1.165) is 5.56 Å². The van der Waals surface area contributed by atoms with E-state index >= 15 is 0 Å². The number of carboxylic acids is 1. The van der Waals surface area contributed by atoms with Crippen LogP contribution in [-0.4, -0.2) is 27.3 Å². The average molecular weight is 247 g/mol. The van der Waals surface area contributed by atoms with Crippen molar-refractivity contribution in [1.29, 1.82) is 0 Å². The maximum absolute atomic E-state index is 10.6. The van der Waals surface area contributed by atoms with Gasteiger partial charge in [0.25, 0.3) is 0 Å². The number of carbonyl (C=O) groups is 1. The van der Waals surface area contributed by atoms with Gasteiger partial charge in [0.2, 0.25) is 11.8 Å². The summed E-state index contributed by atoms with van der Waals surface area (Å²) in [6.45, 7) is 1.78. The fraction of sp³-hybridized carbons (Fsp3) is 0.250. The second kappa shape index (κ2) is 5.42. The van der Waals surface area contributed by atoms with Crippen LogP contribution in [0, 0.1) is 0 Å². The quantitative estimate of drug-likeness (QED) is 0.827. The molecule has 0 spiro atoms. The van der Waals surface area contributed by atoms with Crippen LogP contribution in [0.15, 0.2) is 34.7 Å². The first-order valence-electron chi connectivity index (χ1n) is 5.51. The summed E-state index contributed by atoms with van der Waals surface area (Å²) in [6.07, 6.45) is 0. The van der Waals surface area contributed by atoms with Gasteiger partial charge >= 0.3 is 5.97 Å². The number of hydrogen-bond donors (Lipinski definition) is 2. The van der Waals surface area contributed by atoms with Gasteiger partial charge in [0.1, 0.15) is 6.04 Å². The van der Waals surface area contributed by atoms with Crippen molar-refractivity contribution < 1.29 is 14.3 Å². The van der Waals surface area contributed by atoms with E-state index in [4.69, 9.17) is 9.52 Å². The molecule has 0 fully saturated rings. The van der Waals surface area contributed by atoms with Gasteiger partial charge in [0, 0.05) is 5.56 Å². The molecule has 2 aromatic rings. The number of hydrogen-bond acceptors (Lipinski definition) is 5. The summed E-state index contributed by atoms with van der Waals surface area (Å²) < 4.78 is 5.42. The van der Waals surface area contributed by atoms with Crippen molar-refractivity contribution in [3.8, 4) is 11.5 Å². The number of rotatable bonds is 5. The molecule has 1 aromatic carbocycles. The zero-order valence-corrected chi connectivity index (χ0v) is 9.83. The lowest BCUT2D eigenvalue weighted by molar-refractivity contribution is -0.139. The lowest BCUT2D eigenvalue weighted by Gasteiger charge is -2.05. The van der Waals surface area contributed by atoms with Gasteiger partial charge in [-0.25, -0.2) is 0 Å². The smallest absolute Gasteiger partial charge is 0.320 e. The molecule has 94 valence electrons. The van der Waals surface area contributed by atoms with E-state index in [0.29, 0.717) is 11.8 Å². The summed E-state index contributed by atoms with van der Waals surface area (Å²) >= 11 is 0. The van der Waals surface area contributed by atoms with Gasteiger partial charge in [0.15, 0.2) is 0 Å². The van der Waals surface area contributed by atoms with Gasteiger partial charge in [-0.1, -0.05) is 18.2 Å². The average Bonchev–Trinajstić information content (AvgIpc) is 2.85. The SMILES string of the molecule is C[C@@H](NCc1nnc(-c2ccccc2)o1)C(=O)O. The topological polar surface area (TPSA) is 88.3 Å². The Morgan fingerprint density at radius 3 is 2.78 bits per heavy atom. The predicted molar refractivity (Wildman–Crippen MR) is 63.7 cm³/mol. The lowest BCUT2D eigenvalue weighted by atomic mass is 10.2. The summed E-state index contributed by atoms with van der Waals surface area (Å²) in [5.74, 6) is -0.130. The second-order valence-corrected chi connectivity index (χ2v) is 3.81. The minimum absolute atomic E-state index is 0.229. The first kappa shape index (κ1) is 12.3. The minimum atomic E-state index is -0.919. The fourth-order valence-corrected chi connectivity index (χ4v) is 1.35. The van der Waals surface area contributed by atoms with Gasteiger partial charge in [-0.05, 0) is 19.1 Å². The zero-order valence-electron chi connectivity index (χ0n) is 9.83. The maximum Gasteiger partial charge on any atom is 0.320 e. The van der Waals surface area contributed by atoms with Crippen molar-refractivity contribution in [2.24, 2.45) is 0 Å². The molecular formula is C12H13N3O3. The molecule has 1 aromatic heterocycles. The Hall–Kier alpha value is -2.21. The molecule has 0 saturated carbocycles. The number of benzene rings is 1. The van der Waals surface area contributed by atoms with Crippen LogP contribution in [0.1, 0.15) is 12.8 Å². The van der Waals surface area contributed by atoms with Crippen LogP contribution in [-0.2, 0) is 11.3 Å². The molecule has 0 saturated heterocycles. The van der Waals surface area contributed by atoms with Crippen LogP contribution in [0.4, 0.5) is 0 Å². The Kier molecular flexibility index (Phi) is 3.69. The molecule has 18 heavy (non-hydrogen) atoms. The third-order valence-electron chi connectivity index (χ3n) is 2.42. The van der Waals surface area contributed by atoms with Crippen molar-refractivity contribution in [2.45, 2.75) is 19.5 Å². The van der Waals surface area contributed by atoms with E-state index in [2.05, 4.69) is 15.5 Å². The molecule has 0 unspecified atom stereocenters. The molecule has 6 nitrogen and oxygen atoms in total. The van der Waals surface area contributed by atoms with Crippen molar-refractivity contribution >= 4 is 5.97 Å². The second-order valence-electron chi connectivity index (χ2n) is 3.81. The van der Waals surface area contributed by atoms with E-state index in [1.54, 1.807) is 6.92 Å². The van der Waals surface area contributed by atoms with Crippen LogP contribution in [0.25, 0.3) is 11.5 Å². The van der Waals surface area contributed by atoms with Crippen LogP contribution in [0.5, 0.6) is 0 Å². The van der Waals surface area contributed by atoms with Crippen LogP contribution in [0.2, 0.25) is 0 Å². The molecule has 0 bridgehead atoms. The molecule has 0 aliphatic carbocycles. The molecule has 2 N–H and O–H groups in total. The van der Waals surface area contributed by atoms with E-state index < -0.39 is 12.0 Å². The summed E-state index contributed by atoms with van der Waals surface area (Å²) in [6, 6.07) is 8.73. The Bertz CT molecular complexity index is 524.